The van der Waals surface area contributed by atoms with Crippen LogP contribution in [0.1, 0.15) is 52.4 Å². The normalized spacial score (nSPS) is 10.8. The minimum atomic E-state index is 0.289. The zero-order valence-corrected chi connectivity index (χ0v) is 10.9. The van der Waals surface area contributed by atoms with Crippen molar-refractivity contribution in [2.75, 3.05) is 0 Å². The molecule has 3 nitrogen and oxygen atoms in total. The SMILES string of the molecule is CCCCC(CCCC)Oc1cc[n+]([O-])cc1. The molecular weight excluding hydrogens is 214 g/mol. The summed E-state index contributed by atoms with van der Waals surface area (Å²) in [7, 11) is 0. The first-order valence-corrected chi connectivity index (χ1v) is 6.61. The molecule has 1 aromatic rings. The molecule has 0 fully saturated rings. The van der Waals surface area contributed by atoms with Crippen molar-refractivity contribution in [2.45, 2.75) is 58.5 Å². The molecule has 3 heteroatoms. The molecule has 0 aliphatic carbocycles. The van der Waals surface area contributed by atoms with Crippen LogP contribution in [-0.2, 0) is 0 Å². The van der Waals surface area contributed by atoms with E-state index < -0.39 is 0 Å². The lowest BCUT2D eigenvalue weighted by molar-refractivity contribution is -0.605. The van der Waals surface area contributed by atoms with Gasteiger partial charge in [0.15, 0.2) is 12.4 Å². The topological polar surface area (TPSA) is 36.2 Å². The van der Waals surface area contributed by atoms with E-state index in [0.717, 1.165) is 23.3 Å². The van der Waals surface area contributed by atoms with Gasteiger partial charge in [0.25, 0.3) is 0 Å². The molecule has 0 radical (unpaired) electrons. The number of aromatic nitrogens is 1. The van der Waals surface area contributed by atoms with Gasteiger partial charge in [0, 0.05) is 12.1 Å². The van der Waals surface area contributed by atoms with E-state index in [1.165, 1.54) is 38.1 Å². The fraction of sp³-hybridized carbons (Fsp3) is 0.643. The van der Waals surface area contributed by atoms with Crippen molar-refractivity contribution in [3.63, 3.8) is 0 Å². The Morgan fingerprint density at radius 2 is 1.65 bits per heavy atom. The number of pyridine rings is 1. The number of unbranched alkanes of at least 4 members (excludes halogenated alkanes) is 2. The maximum Gasteiger partial charge on any atom is 0.184 e. The number of nitrogens with zero attached hydrogens (tertiary/aromatic N) is 1. The molecule has 1 aromatic heterocycles. The quantitative estimate of drug-likeness (QED) is 0.513. The molecule has 96 valence electrons. The van der Waals surface area contributed by atoms with E-state index in [2.05, 4.69) is 13.8 Å². The average molecular weight is 237 g/mol. The Kier molecular flexibility index (Phi) is 6.45. The van der Waals surface area contributed by atoms with Crippen molar-refractivity contribution in [1.29, 1.82) is 0 Å². The molecule has 0 saturated heterocycles. The monoisotopic (exact) mass is 237 g/mol. The standard InChI is InChI=1S/C14H23NO2/c1-3-5-7-13(8-6-4-2)17-14-9-11-15(16)12-10-14/h9-13H,3-8H2,1-2H3. The van der Waals surface area contributed by atoms with Crippen molar-refractivity contribution in [2.24, 2.45) is 0 Å². The van der Waals surface area contributed by atoms with E-state index in [-0.39, 0.29) is 6.10 Å². The Morgan fingerprint density at radius 3 is 2.12 bits per heavy atom. The van der Waals surface area contributed by atoms with Gasteiger partial charge in [-0.05, 0) is 12.8 Å². The van der Waals surface area contributed by atoms with E-state index in [1.54, 1.807) is 12.1 Å². The molecule has 0 aliphatic rings. The van der Waals surface area contributed by atoms with Crippen molar-refractivity contribution in [3.8, 4) is 5.75 Å². The van der Waals surface area contributed by atoms with Crippen molar-refractivity contribution in [1.82, 2.24) is 0 Å². The summed E-state index contributed by atoms with van der Waals surface area (Å²) >= 11 is 0. The second-order valence-electron chi connectivity index (χ2n) is 4.42. The molecule has 1 rings (SSSR count). The summed E-state index contributed by atoms with van der Waals surface area (Å²) in [5, 5.41) is 10.9. The van der Waals surface area contributed by atoms with Gasteiger partial charge < -0.3 is 9.94 Å². The first kappa shape index (κ1) is 13.8. The fourth-order valence-corrected chi connectivity index (χ4v) is 1.80. The highest BCUT2D eigenvalue weighted by atomic mass is 16.5. The molecule has 1 heterocycles. The Labute approximate surface area is 104 Å². The number of hydrogen-bond donors (Lipinski definition) is 0. The second kappa shape index (κ2) is 7.93. The van der Waals surface area contributed by atoms with Gasteiger partial charge in [0.05, 0.1) is 6.10 Å². The lowest BCUT2D eigenvalue weighted by atomic mass is 10.1. The predicted octanol–water partition coefficient (Wildman–Crippen LogP) is 3.45. The molecule has 0 N–H and O–H groups in total. The summed E-state index contributed by atoms with van der Waals surface area (Å²) in [6, 6.07) is 3.47. The van der Waals surface area contributed by atoms with Gasteiger partial charge in [-0.25, -0.2) is 0 Å². The van der Waals surface area contributed by atoms with Crippen molar-refractivity contribution >= 4 is 0 Å². The molecule has 0 spiro atoms. The maximum absolute atomic E-state index is 10.9. The third-order valence-corrected chi connectivity index (χ3v) is 2.83. The molecule has 0 unspecified atom stereocenters. The minimum absolute atomic E-state index is 0.289. The maximum atomic E-state index is 10.9. The molecule has 0 aromatic carbocycles. The Hall–Kier alpha value is -1.25. The predicted molar refractivity (Wildman–Crippen MR) is 68.9 cm³/mol. The highest BCUT2D eigenvalue weighted by Gasteiger charge is 2.10. The summed E-state index contributed by atoms with van der Waals surface area (Å²) in [6.07, 6.45) is 10.2. The smallest absolute Gasteiger partial charge is 0.184 e. The number of hydrogen-bond acceptors (Lipinski definition) is 2. The molecule has 0 aliphatic heterocycles. The summed E-state index contributed by atoms with van der Waals surface area (Å²) in [5.74, 6) is 0.800. The zero-order valence-electron chi connectivity index (χ0n) is 10.9. The van der Waals surface area contributed by atoms with Crippen LogP contribution in [-0.4, -0.2) is 6.10 Å². The fourth-order valence-electron chi connectivity index (χ4n) is 1.80. The Morgan fingerprint density at radius 1 is 1.12 bits per heavy atom. The van der Waals surface area contributed by atoms with Gasteiger partial charge in [0.1, 0.15) is 5.75 Å². The lowest BCUT2D eigenvalue weighted by Gasteiger charge is -2.18. The van der Waals surface area contributed by atoms with Crippen LogP contribution in [0.15, 0.2) is 24.5 Å². The van der Waals surface area contributed by atoms with Gasteiger partial charge in [-0.1, -0.05) is 39.5 Å². The van der Waals surface area contributed by atoms with E-state index in [1.807, 2.05) is 0 Å². The first-order chi connectivity index (χ1) is 8.26. The van der Waals surface area contributed by atoms with Gasteiger partial charge in [-0.3, -0.25) is 0 Å². The molecule has 0 bridgehead atoms. The summed E-state index contributed by atoms with van der Waals surface area (Å²) in [5.41, 5.74) is 0. The van der Waals surface area contributed by atoms with Crippen LogP contribution in [0.3, 0.4) is 0 Å². The van der Waals surface area contributed by atoms with Crippen molar-refractivity contribution in [3.05, 3.63) is 29.7 Å². The summed E-state index contributed by atoms with van der Waals surface area (Å²) < 4.78 is 6.70. The van der Waals surface area contributed by atoms with Crippen LogP contribution in [0.4, 0.5) is 0 Å². The lowest BCUT2D eigenvalue weighted by Crippen LogP contribution is -2.24. The highest BCUT2D eigenvalue weighted by Crippen LogP contribution is 2.17. The van der Waals surface area contributed by atoms with Gasteiger partial charge in [0.2, 0.25) is 0 Å². The van der Waals surface area contributed by atoms with Crippen LogP contribution < -0.4 is 9.47 Å². The molecular formula is C14H23NO2. The minimum Gasteiger partial charge on any atom is -0.619 e. The van der Waals surface area contributed by atoms with E-state index >= 15 is 0 Å². The Balaban J connectivity index is 2.48. The van der Waals surface area contributed by atoms with Crippen LogP contribution in [0.25, 0.3) is 0 Å². The number of rotatable bonds is 8. The third kappa shape index (κ3) is 5.57. The van der Waals surface area contributed by atoms with Crippen molar-refractivity contribution < 1.29 is 9.47 Å². The van der Waals surface area contributed by atoms with Crippen LogP contribution in [0.2, 0.25) is 0 Å². The van der Waals surface area contributed by atoms with Crippen LogP contribution >= 0.6 is 0 Å². The second-order valence-corrected chi connectivity index (χ2v) is 4.42. The Bertz CT molecular complexity index is 290. The molecule has 17 heavy (non-hydrogen) atoms. The van der Waals surface area contributed by atoms with Gasteiger partial charge in [-0.2, -0.15) is 4.73 Å². The van der Waals surface area contributed by atoms with Crippen LogP contribution in [0.5, 0.6) is 5.75 Å². The van der Waals surface area contributed by atoms with Gasteiger partial charge in [-0.15, -0.1) is 0 Å². The first-order valence-electron chi connectivity index (χ1n) is 6.61. The van der Waals surface area contributed by atoms with E-state index in [4.69, 9.17) is 4.74 Å². The van der Waals surface area contributed by atoms with Gasteiger partial charge >= 0.3 is 0 Å². The average Bonchev–Trinajstić information content (AvgIpc) is 2.35. The van der Waals surface area contributed by atoms with E-state index in [0.29, 0.717) is 0 Å². The summed E-state index contributed by atoms with van der Waals surface area (Å²) in [4.78, 5) is 0. The molecule has 0 amide bonds. The highest BCUT2D eigenvalue weighted by molar-refractivity contribution is 5.15. The van der Waals surface area contributed by atoms with Crippen LogP contribution in [0, 0.1) is 5.21 Å². The summed E-state index contributed by atoms with van der Waals surface area (Å²) in [6.45, 7) is 4.39. The molecule has 0 saturated carbocycles. The largest absolute Gasteiger partial charge is 0.619 e. The number of ether oxygens (including phenoxy) is 1. The molecule has 0 atom stereocenters. The zero-order chi connectivity index (χ0) is 12.5. The van der Waals surface area contributed by atoms with E-state index in [9.17, 15) is 5.21 Å². The third-order valence-electron chi connectivity index (χ3n) is 2.83.